The van der Waals surface area contributed by atoms with Gasteiger partial charge in [0.2, 0.25) is 0 Å². The Bertz CT molecular complexity index is 611. The number of benzene rings is 1. The SMILES string of the molecule is COc1ccc(C(=O)N[C@H](c2cccs2)C(C)C)cc1Br. The fraction of sp³-hybridized carbons (Fsp3) is 0.312. The van der Waals surface area contributed by atoms with Gasteiger partial charge in [-0.3, -0.25) is 4.79 Å². The van der Waals surface area contributed by atoms with Crippen LogP contribution >= 0.6 is 27.3 Å². The maximum absolute atomic E-state index is 12.4. The molecule has 3 nitrogen and oxygen atoms in total. The normalized spacial score (nSPS) is 12.2. The second-order valence-corrected chi connectivity index (χ2v) is 6.89. The predicted octanol–water partition coefficient (Wildman–Crippen LogP) is 4.65. The highest BCUT2D eigenvalue weighted by Crippen LogP contribution is 2.28. The molecule has 0 bridgehead atoms. The topological polar surface area (TPSA) is 38.3 Å². The molecule has 1 amide bonds. The smallest absolute Gasteiger partial charge is 0.251 e. The summed E-state index contributed by atoms with van der Waals surface area (Å²) >= 11 is 5.07. The zero-order valence-corrected chi connectivity index (χ0v) is 14.6. The number of carbonyl (C=O) groups excluding carboxylic acids is 1. The van der Waals surface area contributed by atoms with Gasteiger partial charge in [-0.15, -0.1) is 11.3 Å². The number of halogens is 1. The second kappa shape index (κ2) is 7.09. The summed E-state index contributed by atoms with van der Waals surface area (Å²) in [5, 5.41) is 5.14. The highest BCUT2D eigenvalue weighted by atomic mass is 79.9. The molecule has 0 fully saturated rings. The fourth-order valence-corrected chi connectivity index (χ4v) is 3.56. The van der Waals surface area contributed by atoms with Crippen LogP contribution in [0.2, 0.25) is 0 Å². The molecule has 2 rings (SSSR count). The number of carbonyl (C=O) groups is 1. The van der Waals surface area contributed by atoms with Gasteiger partial charge in [-0.05, 0) is 51.5 Å². The molecule has 112 valence electrons. The maximum atomic E-state index is 12.4. The van der Waals surface area contributed by atoms with Gasteiger partial charge in [0.1, 0.15) is 5.75 Å². The summed E-state index contributed by atoms with van der Waals surface area (Å²) in [7, 11) is 1.60. The zero-order chi connectivity index (χ0) is 15.4. The third-order valence-electron chi connectivity index (χ3n) is 3.22. The lowest BCUT2D eigenvalue weighted by Gasteiger charge is -2.21. The van der Waals surface area contributed by atoms with Crippen molar-refractivity contribution in [1.82, 2.24) is 5.32 Å². The summed E-state index contributed by atoms with van der Waals surface area (Å²) in [6.07, 6.45) is 0. The van der Waals surface area contributed by atoms with Crippen molar-refractivity contribution in [3.05, 3.63) is 50.6 Å². The molecule has 0 unspecified atom stereocenters. The predicted molar refractivity (Wildman–Crippen MR) is 90.1 cm³/mol. The molecule has 0 aliphatic rings. The molecule has 21 heavy (non-hydrogen) atoms. The Labute approximate surface area is 137 Å². The second-order valence-electron chi connectivity index (χ2n) is 5.06. The summed E-state index contributed by atoms with van der Waals surface area (Å²) in [4.78, 5) is 13.6. The summed E-state index contributed by atoms with van der Waals surface area (Å²) < 4.78 is 5.95. The Morgan fingerprint density at radius 3 is 2.62 bits per heavy atom. The van der Waals surface area contributed by atoms with Gasteiger partial charge in [-0.2, -0.15) is 0 Å². The molecule has 1 heterocycles. The van der Waals surface area contributed by atoms with Crippen molar-refractivity contribution >= 4 is 33.2 Å². The van der Waals surface area contributed by atoms with Gasteiger partial charge in [-0.1, -0.05) is 19.9 Å². The first-order valence-electron chi connectivity index (χ1n) is 6.70. The van der Waals surface area contributed by atoms with Crippen molar-refractivity contribution in [3.8, 4) is 5.75 Å². The van der Waals surface area contributed by atoms with Crippen LogP contribution in [0.3, 0.4) is 0 Å². The van der Waals surface area contributed by atoms with Crippen molar-refractivity contribution < 1.29 is 9.53 Å². The molecule has 1 N–H and O–H groups in total. The first-order valence-corrected chi connectivity index (χ1v) is 8.38. The van der Waals surface area contributed by atoms with Crippen LogP contribution in [-0.2, 0) is 0 Å². The molecule has 0 radical (unpaired) electrons. The molecule has 0 aliphatic carbocycles. The highest BCUT2D eigenvalue weighted by molar-refractivity contribution is 9.10. The van der Waals surface area contributed by atoms with Gasteiger partial charge in [0, 0.05) is 10.4 Å². The van der Waals surface area contributed by atoms with Crippen LogP contribution in [0.4, 0.5) is 0 Å². The van der Waals surface area contributed by atoms with E-state index in [4.69, 9.17) is 4.74 Å². The minimum Gasteiger partial charge on any atom is -0.496 e. The van der Waals surface area contributed by atoms with Crippen molar-refractivity contribution in [2.24, 2.45) is 5.92 Å². The van der Waals surface area contributed by atoms with Gasteiger partial charge in [0.25, 0.3) is 5.91 Å². The van der Waals surface area contributed by atoms with E-state index in [2.05, 4.69) is 41.2 Å². The number of hydrogen-bond donors (Lipinski definition) is 1. The first kappa shape index (κ1) is 16.0. The van der Waals surface area contributed by atoms with E-state index in [1.807, 2.05) is 11.4 Å². The van der Waals surface area contributed by atoms with Crippen molar-refractivity contribution in [2.45, 2.75) is 19.9 Å². The average molecular weight is 368 g/mol. The lowest BCUT2D eigenvalue weighted by Crippen LogP contribution is -2.31. The van der Waals surface area contributed by atoms with E-state index in [1.165, 1.54) is 4.88 Å². The van der Waals surface area contributed by atoms with Gasteiger partial charge in [0.05, 0.1) is 17.6 Å². The Morgan fingerprint density at radius 1 is 1.33 bits per heavy atom. The maximum Gasteiger partial charge on any atom is 0.251 e. The average Bonchev–Trinajstić information content (AvgIpc) is 2.97. The first-order chi connectivity index (χ1) is 10.0. The van der Waals surface area contributed by atoms with Gasteiger partial charge in [-0.25, -0.2) is 0 Å². The monoisotopic (exact) mass is 367 g/mol. The molecule has 1 aromatic heterocycles. The molecule has 0 spiro atoms. The lowest BCUT2D eigenvalue weighted by molar-refractivity contribution is 0.0926. The fourth-order valence-electron chi connectivity index (χ4n) is 2.07. The lowest BCUT2D eigenvalue weighted by atomic mass is 10.0. The molecule has 0 aliphatic heterocycles. The number of rotatable bonds is 5. The van der Waals surface area contributed by atoms with Crippen LogP contribution in [0.1, 0.15) is 35.1 Å². The Balaban J connectivity index is 2.18. The van der Waals surface area contributed by atoms with E-state index < -0.39 is 0 Å². The summed E-state index contributed by atoms with van der Waals surface area (Å²) in [6, 6.07) is 9.42. The van der Waals surface area contributed by atoms with E-state index in [0.29, 0.717) is 17.2 Å². The number of hydrogen-bond acceptors (Lipinski definition) is 3. The van der Waals surface area contributed by atoms with E-state index in [1.54, 1.807) is 36.6 Å². The number of ether oxygens (including phenoxy) is 1. The number of thiophene rings is 1. The Kier molecular flexibility index (Phi) is 5.42. The van der Waals surface area contributed by atoms with Gasteiger partial charge in [0.15, 0.2) is 0 Å². The summed E-state index contributed by atoms with van der Waals surface area (Å²) in [6.45, 7) is 4.21. The number of amides is 1. The number of methoxy groups -OCH3 is 1. The quantitative estimate of drug-likeness (QED) is 0.835. The highest BCUT2D eigenvalue weighted by Gasteiger charge is 2.20. The van der Waals surface area contributed by atoms with Gasteiger partial charge < -0.3 is 10.1 Å². The summed E-state index contributed by atoms with van der Waals surface area (Å²) in [5.74, 6) is 0.963. The van der Waals surface area contributed by atoms with E-state index in [9.17, 15) is 4.79 Å². The van der Waals surface area contributed by atoms with Crippen LogP contribution in [0, 0.1) is 5.92 Å². The molecular formula is C16H18BrNO2S. The molecule has 0 saturated carbocycles. The van der Waals surface area contributed by atoms with E-state index in [0.717, 1.165) is 4.47 Å². The van der Waals surface area contributed by atoms with Crippen LogP contribution < -0.4 is 10.1 Å². The summed E-state index contributed by atoms with van der Waals surface area (Å²) in [5.41, 5.74) is 0.616. The van der Waals surface area contributed by atoms with Crippen molar-refractivity contribution in [2.75, 3.05) is 7.11 Å². The van der Waals surface area contributed by atoms with Crippen LogP contribution in [-0.4, -0.2) is 13.0 Å². The Hall–Kier alpha value is -1.33. The molecule has 5 heteroatoms. The van der Waals surface area contributed by atoms with Gasteiger partial charge >= 0.3 is 0 Å². The third kappa shape index (κ3) is 3.86. The largest absolute Gasteiger partial charge is 0.496 e. The zero-order valence-electron chi connectivity index (χ0n) is 12.2. The standard InChI is InChI=1S/C16H18BrNO2S/c1-10(2)15(14-5-4-8-21-14)18-16(19)11-6-7-13(20-3)12(17)9-11/h4-10,15H,1-3H3,(H,18,19)/t15-/m0/s1. The molecule has 1 aromatic carbocycles. The molecule has 0 saturated heterocycles. The number of nitrogens with one attached hydrogen (secondary N) is 1. The van der Waals surface area contributed by atoms with Crippen LogP contribution in [0.15, 0.2) is 40.2 Å². The Morgan fingerprint density at radius 2 is 2.10 bits per heavy atom. The van der Waals surface area contributed by atoms with Crippen LogP contribution in [0.25, 0.3) is 0 Å². The van der Waals surface area contributed by atoms with Crippen molar-refractivity contribution in [3.63, 3.8) is 0 Å². The molecule has 1 atom stereocenters. The van der Waals surface area contributed by atoms with Crippen LogP contribution in [0.5, 0.6) is 5.75 Å². The third-order valence-corrected chi connectivity index (χ3v) is 4.79. The van der Waals surface area contributed by atoms with Crippen molar-refractivity contribution in [1.29, 1.82) is 0 Å². The minimum absolute atomic E-state index is 0.0263. The minimum atomic E-state index is -0.0783. The molecule has 2 aromatic rings. The van der Waals surface area contributed by atoms with E-state index >= 15 is 0 Å². The van der Waals surface area contributed by atoms with E-state index in [-0.39, 0.29) is 11.9 Å². The molecular weight excluding hydrogens is 350 g/mol.